The van der Waals surface area contributed by atoms with E-state index in [4.69, 9.17) is 0 Å². The maximum absolute atomic E-state index is 2.47. The molecule has 3 aromatic carbocycles. The summed E-state index contributed by atoms with van der Waals surface area (Å²) in [5.41, 5.74) is 13.7. The van der Waals surface area contributed by atoms with E-state index < -0.39 is 0 Å². The summed E-state index contributed by atoms with van der Waals surface area (Å²) >= 11 is 0. The molecule has 0 heterocycles. The average Bonchev–Trinajstić information content (AvgIpc) is 2.81. The Labute approximate surface area is 228 Å². The van der Waals surface area contributed by atoms with Gasteiger partial charge in [0.1, 0.15) is 0 Å². The summed E-state index contributed by atoms with van der Waals surface area (Å²) in [7, 11) is 0. The second-order valence-corrected chi connectivity index (χ2v) is 13.5. The lowest BCUT2D eigenvalue weighted by Gasteiger charge is -2.30. The van der Waals surface area contributed by atoms with Crippen molar-refractivity contribution in [1.29, 1.82) is 0 Å². The summed E-state index contributed by atoms with van der Waals surface area (Å²) in [5.74, 6) is 1.15. The van der Waals surface area contributed by atoms with E-state index in [1.165, 1.54) is 56.5 Å². The molecule has 1 unspecified atom stereocenters. The molecule has 3 rings (SSSR count). The van der Waals surface area contributed by atoms with Crippen LogP contribution in [0.1, 0.15) is 130 Å². The van der Waals surface area contributed by atoms with Crippen molar-refractivity contribution in [3.05, 3.63) is 105 Å². The molecule has 0 aliphatic rings. The van der Waals surface area contributed by atoms with E-state index in [1.807, 2.05) is 0 Å². The Hall–Kier alpha value is -2.34. The van der Waals surface area contributed by atoms with Crippen LogP contribution in [0.15, 0.2) is 54.6 Å². The van der Waals surface area contributed by atoms with Crippen LogP contribution in [0.3, 0.4) is 0 Å². The van der Waals surface area contributed by atoms with E-state index in [-0.39, 0.29) is 10.8 Å². The minimum Gasteiger partial charge on any atom is -0.0617 e. The lowest BCUT2D eigenvalue weighted by molar-refractivity contribution is 0.474. The third-order valence-electron chi connectivity index (χ3n) is 8.83. The average molecular weight is 497 g/mol. The topological polar surface area (TPSA) is 0 Å². The van der Waals surface area contributed by atoms with E-state index in [0.29, 0.717) is 11.8 Å². The van der Waals surface area contributed by atoms with Crippen LogP contribution < -0.4 is 0 Å². The summed E-state index contributed by atoms with van der Waals surface area (Å²) in [6.07, 6.45) is 4.61. The van der Waals surface area contributed by atoms with Gasteiger partial charge in [-0.2, -0.15) is 0 Å². The van der Waals surface area contributed by atoms with Crippen LogP contribution in [0.5, 0.6) is 0 Å². The summed E-state index contributed by atoms with van der Waals surface area (Å²) in [6.45, 7) is 25.7. The number of aryl methyl sites for hydroxylation is 3. The van der Waals surface area contributed by atoms with Gasteiger partial charge in [0.15, 0.2) is 0 Å². The predicted octanol–water partition coefficient (Wildman–Crippen LogP) is 10.7. The van der Waals surface area contributed by atoms with Gasteiger partial charge in [-0.3, -0.25) is 0 Å². The quantitative estimate of drug-likeness (QED) is 0.276. The van der Waals surface area contributed by atoms with Crippen LogP contribution in [0.2, 0.25) is 0 Å². The van der Waals surface area contributed by atoms with Crippen molar-refractivity contribution in [2.24, 2.45) is 0 Å². The Balaban J connectivity index is 1.73. The fourth-order valence-corrected chi connectivity index (χ4v) is 6.04. The van der Waals surface area contributed by atoms with Crippen LogP contribution in [0.4, 0.5) is 0 Å². The molecule has 0 radical (unpaired) electrons. The maximum atomic E-state index is 2.47. The fourth-order valence-electron chi connectivity index (χ4n) is 6.04. The molecule has 0 heteroatoms. The van der Waals surface area contributed by atoms with E-state index in [2.05, 4.69) is 131 Å². The van der Waals surface area contributed by atoms with Crippen LogP contribution in [-0.4, -0.2) is 0 Å². The molecular weight excluding hydrogens is 444 g/mol. The van der Waals surface area contributed by atoms with Crippen molar-refractivity contribution < 1.29 is 0 Å². The molecule has 0 amide bonds. The lowest BCUT2D eigenvalue weighted by atomic mass is 9.74. The minimum absolute atomic E-state index is 0.140. The van der Waals surface area contributed by atoms with Crippen molar-refractivity contribution >= 4 is 0 Å². The fraction of sp³-hybridized carbons (Fsp3) is 0.514. The first-order valence-corrected chi connectivity index (χ1v) is 14.5. The van der Waals surface area contributed by atoms with Gasteiger partial charge in [-0.25, -0.2) is 0 Å². The summed E-state index contributed by atoms with van der Waals surface area (Å²) in [6, 6.07) is 21.0. The third-order valence-corrected chi connectivity index (χ3v) is 8.83. The highest BCUT2D eigenvalue weighted by atomic mass is 14.3. The van der Waals surface area contributed by atoms with Crippen molar-refractivity contribution in [1.82, 2.24) is 0 Å². The minimum atomic E-state index is 0.140. The molecule has 0 spiro atoms. The third kappa shape index (κ3) is 6.95. The second kappa shape index (κ2) is 11.6. The van der Waals surface area contributed by atoms with Gasteiger partial charge in [-0.1, -0.05) is 110 Å². The van der Waals surface area contributed by atoms with Crippen LogP contribution in [0.25, 0.3) is 0 Å². The standard InChI is InChI=1S/C37H52/c1-25(2)33-16-13-17-34(29(33)6)26(3)18-20-30-14-12-15-31(28(30)5)22-23-37(10,11)35-24-32(36(7,8)9)21-19-27(35)4/h12-17,19,21,24-26H,18,20,22-23H2,1-11H3. The Kier molecular flexibility index (Phi) is 9.15. The van der Waals surface area contributed by atoms with Gasteiger partial charge >= 0.3 is 0 Å². The van der Waals surface area contributed by atoms with Crippen LogP contribution in [-0.2, 0) is 23.7 Å². The normalized spacial score (nSPS) is 13.3. The molecule has 0 fully saturated rings. The number of benzene rings is 3. The SMILES string of the molecule is Cc1ccc(C(C)(C)C)cc1C(C)(C)CCc1cccc(CCC(C)c2cccc(C(C)C)c2C)c1C. The summed E-state index contributed by atoms with van der Waals surface area (Å²) in [4.78, 5) is 0. The molecule has 0 bridgehead atoms. The van der Waals surface area contributed by atoms with Gasteiger partial charge in [0.05, 0.1) is 0 Å². The zero-order chi connectivity index (χ0) is 27.5. The van der Waals surface area contributed by atoms with E-state index >= 15 is 0 Å². The van der Waals surface area contributed by atoms with Gasteiger partial charge in [0.25, 0.3) is 0 Å². The first kappa shape index (κ1) is 29.2. The highest BCUT2D eigenvalue weighted by molar-refractivity contribution is 5.41. The molecule has 0 aliphatic heterocycles. The van der Waals surface area contributed by atoms with Crippen LogP contribution >= 0.6 is 0 Å². The molecule has 0 aromatic heterocycles. The van der Waals surface area contributed by atoms with Crippen molar-refractivity contribution in [3.63, 3.8) is 0 Å². The molecule has 37 heavy (non-hydrogen) atoms. The summed E-state index contributed by atoms with van der Waals surface area (Å²) in [5, 5.41) is 0. The van der Waals surface area contributed by atoms with Crippen molar-refractivity contribution in [2.75, 3.05) is 0 Å². The molecule has 0 nitrogen and oxygen atoms in total. The van der Waals surface area contributed by atoms with Crippen molar-refractivity contribution in [2.45, 2.75) is 125 Å². The Morgan fingerprint density at radius 2 is 1.27 bits per heavy atom. The van der Waals surface area contributed by atoms with Gasteiger partial charge in [0, 0.05) is 0 Å². The molecule has 0 saturated heterocycles. The maximum Gasteiger partial charge on any atom is -0.00977 e. The monoisotopic (exact) mass is 496 g/mol. The van der Waals surface area contributed by atoms with Gasteiger partial charge in [-0.05, 0) is 119 Å². The molecule has 0 saturated carbocycles. The lowest BCUT2D eigenvalue weighted by Crippen LogP contribution is -2.22. The molecule has 0 N–H and O–H groups in total. The van der Waals surface area contributed by atoms with Crippen molar-refractivity contribution in [3.8, 4) is 0 Å². The first-order valence-electron chi connectivity index (χ1n) is 14.5. The highest BCUT2D eigenvalue weighted by Gasteiger charge is 2.25. The highest BCUT2D eigenvalue weighted by Crippen LogP contribution is 2.35. The van der Waals surface area contributed by atoms with Gasteiger partial charge in [0.2, 0.25) is 0 Å². The molecule has 1 atom stereocenters. The number of rotatable bonds is 9. The Morgan fingerprint density at radius 1 is 0.676 bits per heavy atom. The van der Waals surface area contributed by atoms with Gasteiger partial charge < -0.3 is 0 Å². The Bertz CT molecular complexity index is 1200. The molecule has 200 valence electrons. The largest absolute Gasteiger partial charge is 0.0617 e. The predicted molar refractivity (Wildman–Crippen MR) is 164 cm³/mol. The molecule has 3 aromatic rings. The van der Waals surface area contributed by atoms with E-state index in [1.54, 1.807) is 0 Å². The molecule has 0 aliphatic carbocycles. The zero-order valence-corrected chi connectivity index (χ0v) is 25.7. The van der Waals surface area contributed by atoms with Gasteiger partial charge in [-0.15, -0.1) is 0 Å². The number of hydrogen-bond donors (Lipinski definition) is 0. The molecular formula is C37H52. The first-order chi connectivity index (χ1) is 17.2. The summed E-state index contributed by atoms with van der Waals surface area (Å²) < 4.78 is 0. The van der Waals surface area contributed by atoms with Crippen LogP contribution in [0, 0.1) is 20.8 Å². The van der Waals surface area contributed by atoms with E-state index in [0.717, 1.165) is 19.3 Å². The Morgan fingerprint density at radius 3 is 1.89 bits per heavy atom. The smallest absolute Gasteiger partial charge is 0.00977 e. The van der Waals surface area contributed by atoms with E-state index in [9.17, 15) is 0 Å². The number of hydrogen-bond acceptors (Lipinski definition) is 0. The zero-order valence-electron chi connectivity index (χ0n) is 25.7. The second-order valence-electron chi connectivity index (χ2n) is 13.5.